The summed E-state index contributed by atoms with van der Waals surface area (Å²) in [5, 5.41) is 0. The maximum absolute atomic E-state index is 14.3. The van der Waals surface area contributed by atoms with Crippen LogP contribution in [0, 0.1) is 11.6 Å². The van der Waals surface area contributed by atoms with Gasteiger partial charge in [-0.3, -0.25) is 0 Å². The molecule has 0 unspecified atom stereocenters. The lowest BCUT2D eigenvalue weighted by Gasteiger charge is -2.29. The van der Waals surface area contributed by atoms with Crippen LogP contribution in [0.25, 0.3) is 0 Å². The molecule has 1 aliphatic heterocycles. The number of anilines is 1. The molecule has 4 heteroatoms. The van der Waals surface area contributed by atoms with Crippen molar-refractivity contribution in [1.29, 1.82) is 0 Å². The van der Waals surface area contributed by atoms with Gasteiger partial charge in [0.05, 0.1) is 0 Å². The number of hydrogen-bond acceptors (Lipinski definition) is 2. The van der Waals surface area contributed by atoms with Crippen LogP contribution in [0.5, 0.6) is 5.75 Å². The number of benzene rings is 2. The van der Waals surface area contributed by atoms with Gasteiger partial charge in [0.15, 0.2) is 11.6 Å². The second kappa shape index (κ2) is 6.77. The first-order chi connectivity index (χ1) is 10.7. The van der Waals surface area contributed by atoms with Crippen molar-refractivity contribution in [2.24, 2.45) is 0 Å². The minimum atomic E-state index is -0.551. The molecule has 0 spiro atoms. The summed E-state index contributed by atoms with van der Waals surface area (Å²) in [6.07, 6.45) is 3.08. The SMILES string of the molecule is Fc1cc(OCc2ccccc2)cc(F)c1N1CCCCC1. The maximum Gasteiger partial charge on any atom is 0.153 e. The van der Waals surface area contributed by atoms with E-state index in [9.17, 15) is 8.78 Å². The summed E-state index contributed by atoms with van der Waals surface area (Å²) in [6.45, 7) is 1.71. The van der Waals surface area contributed by atoms with Gasteiger partial charge >= 0.3 is 0 Å². The van der Waals surface area contributed by atoms with Crippen LogP contribution in [0.15, 0.2) is 42.5 Å². The highest BCUT2D eigenvalue weighted by Crippen LogP contribution is 2.30. The number of ether oxygens (including phenoxy) is 1. The molecule has 1 saturated heterocycles. The van der Waals surface area contributed by atoms with Crippen molar-refractivity contribution in [1.82, 2.24) is 0 Å². The fraction of sp³-hybridized carbons (Fsp3) is 0.333. The van der Waals surface area contributed by atoms with Crippen molar-refractivity contribution in [3.8, 4) is 5.75 Å². The summed E-state index contributed by atoms with van der Waals surface area (Å²) in [7, 11) is 0. The molecule has 2 aromatic carbocycles. The quantitative estimate of drug-likeness (QED) is 0.822. The molecule has 2 nitrogen and oxygen atoms in total. The van der Waals surface area contributed by atoms with Crippen molar-refractivity contribution in [2.75, 3.05) is 18.0 Å². The highest BCUT2D eigenvalue weighted by Gasteiger charge is 2.20. The van der Waals surface area contributed by atoms with Crippen LogP contribution in [0.4, 0.5) is 14.5 Å². The molecule has 1 aliphatic rings. The summed E-state index contributed by atoms with van der Waals surface area (Å²) >= 11 is 0. The molecular weight excluding hydrogens is 284 g/mol. The van der Waals surface area contributed by atoms with Gasteiger partial charge in [0.1, 0.15) is 18.0 Å². The molecule has 2 aromatic rings. The molecule has 0 radical (unpaired) electrons. The summed E-state index contributed by atoms with van der Waals surface area (Å²) < 4.78 is 34.0. The lowest BCUT2D eigenvalue weighted by atomic mass is 10.1. The number of piperidine rings is 1. The topological polar surface area (TPSA) is 12.5 Å². The average molecular weight is 303 g/mol. The fourth-order valence-corrected chi connectivity index (χ4v) is 2.79. The Balaban J connectivity index is 1.74. The molecular formula is C18H19F2NO. The Morgan fingerprint density at radius 2 is 1.55 bits per heavy atom. The lowest BCUT2D eigenvalue weighted by molar-refractivity contribution is 0.302. The molecule has 1 heterocycles. The Hall–Kier alpha value is -2.10. The Bertz CT molecular complexity index is 601. The van der Waals surface area contributed by atoms with Gasteiger partial charge in [-0.05, 0) is 24.8 Å². The van der Waals surface area contributed by atoms with Gasteiger partial charge in [0, 0.05) is 25.2 Å². The van der Waals surface area contributed by atoms with E-state index in [-0.39, 0.29) is 11.4 Å². The first-order valence-electron chi connectivity index (χ1n) is 7.65. The van der Waals surface area contributed by atoms with Gasteiger partial charge in [-0.2, -0.15) is 0 Å². The smallest absolute Gasteiger partial charge is 0.153 e. The standard InChI is InChI=1S/C18H19F2NO/c19-16-11-15(22-13-14-7-3-1-4-8-14)12-17(20)18(16)21-9-5-2-6-10-21/h1,3-4,7-8,11-12H,2,5-6,9-10,13H2. The molecule has 0 bridgehead atoms. The van der Waals surface area contributed by atoms with Crippen LogP contribution in [0.2, 0.25) is 0 Å². The summed E-state index contributed by atoms with van der Waals surface area (Å²) in [5.74, 6) is -0.880. The number of nitrogens with zero attached hydrogens (tertiary/aromatic N) is 1. The van der Waals surface area contributed by atoms with Gasteiger partial charge in [-0.15, -0.1) is 0 Å². The van der Waals surface area contributed by atoms with E-state index in [4.69, 9.17) is 4.74 Å². The van der Waals surface area contributed by atoms with Crippen LogP contribution in [0.3, 0.4) is 0 Å². The van der Waals surface area contributed by atoms with Crippen LogP contribution in [-0.2, 0) is 6.61 Å². The zero-order chi connectivity index (χ0) is 15.4. The van der Waals surface area contributed by atoms with E-state index in [2.05, 4.69) is 0 Å². The minimum absolute atomic E-state index is 0.0757. The first-order valence-corrected chi connectivity index (χ1v) is 7.65. The largest absolute Gasteiger partial charge is 0.489 e. The fourth-order valence-electron chi connectivity index (χ4n) is 2.79. The zero-order valence-electron chi connectivity index (χ0n) is 12.4. The zero-order valence-corrected chi connectivity index (χ0v) is 12.4. The number of halogens is 2. The average Bonchev–Trinajstić information content (AvgIpc) is 2.54. The van der Waals surface area contributed by atoms with Crippen molar-refractivity contribution < 1.29 is 13.5 Å². The minimum Gasteiger partial charge on any atom is -0.489 e. The van der Waals surface area contributed by atoms with E-state index in [0.29, 0.717) is 19.7 Å². The normalized spacial score (nSPS) is 14.9. The van der Waals surface area contributed by atoms with E-state index < -0.39 is 11.6 Å². The number of rotatable bonds is 4. The Kier molecular flexibility index (Phi) is 4.56. The van der Waals surface area contributed by atoms with Gasteiger partial charge in [-0.1, -0.05) is 30.3 Å². The predicted octanol–water partition coefficient (Wildman–Crippen LogP) is 4.53. The number of hydrogen-bond donors (Lipinski definition) is 0. The first kappa shape index (κ1) is 14.8. The summed E-state index contributed by atoms with van der Waals surface area (Å²) in [6, 6.07) is 12.1. The monoisotopic (exact) mass is 303 g/mol. The predicted molar refractivity (Wildman–Crippen MR) is 83.2 cm³/mol. The maximum atomic E-state index is 14.3. The van der Waals surface area contributed by atoms with Crippen molar-refractivity contribution >= 4 is 5.69 Å². The highest BCUT2D eigenvalue weighted by atomic mass is 19.1. The van der Waals surface area contributed by atoms with E-state index in [1.165, 1.54) is 12.1 Å². The third-order valence-electron chi connectivity index (χ3n) is 3.91. The molecule has 0 saturated carbocycles. The van der Waals surface area contributed by atoms with Gasteiger partial charge in [0.2, 0.25) is 0 Å². The van der Waals surface area contributed by atoms with Crippen LogP contribution in [-0.4, -0.2) is 13.1 Å². The second-order valence-corrected chi connectivity index (χ2v) is 5.56. The van der Waals surface area contributed by atoms with Crippen molar-refractivity contribution in [3.63, 3.8) is 0 Å². The molecule has 0 atom stereocenters. The van der Waals surface area contributed by atoms with E-state index >= 15 is 0 Å². The molecule has 0 amide bonds. The Morgan fingerprint density at radius 1 is 0.909 bits per heavy atom. The van der Waals surface area contributed by atoms with Gasteiger partial charge in [-0.25, -0.2) is 8.78 Å². The van der Waals surface area contributed by atoms with E-state index in [0.717, 1.165) is 24.8 Å². The summed E-state index contributed by atoms with van der Waals surface area (Å²) in [4.78, 5) is 1.79. The Morgan fingerprint density at radius 3 is 2.18 bits per heavy atom. The molecule has 0 aliphatic carbocycles. The molecule has 116 valence electrons. The third kappa shape index (κ3) is 3.38. The lowest BCUT2D eigenvalue weighted by Crippen LogP contribution is -2.31. The van der Waals surface area contributed by atoms with Crippen molar-refractivity contribution in [3.05, 3.63) is 59.7 Å². The molecule has 22 heavy (non-hydrogen) atoms. The van der Waals surface area contributed by atoms with Crippen LogP contribution >= 0.6 is 0 Å². The third-order valence-corrected chi connectivity index (χ3v) is 3.91. The second-order valence-electron chi connectivity index (χ2n) is 5.56. The molecule has 0 N–H and O–H groups in total. The highest BCUT2D eigenvalue weighted by molar-refractivity contribution is 5.52. The van der Waals surface area contributed by atoms with Crippen LogP contribution in [0.1, 0.15) is 24.8 Å². The molecule has 1 fully saturated rings. The van der Waals surface area contributed by atoms with Gasteiger partial charge < -0.3 is 9.64 Å². The Labute approximate surface area is 129 Å². The molecule has 0 aromatic heterocycles. The summed E-state index contributed by atoms with van der Waals surface area (Å²) in [5.41, 5.74) is 1.04. The molecule has 3 rings (SSSR count). The van der Waals surface area contributed by atoms with Crippen LogP contribution < -0.4 is 9.64 Å². The van der Waals surface area contributed by atoms with Crippen molar-refractivity contribution in [2.45, 2.75) is 25.9 Å². The van der Waals surface area contributed by atoms with Gasteiger partial charge in [0.25, 0.3) is 0 Å². The van der Waals surface area contributed by atoms with E-state index in [1.807, 2.05) is 30.3 Å². The van der Waals surface area contributed by atoms with E-state index in [1.54, 1.807) is 4.90 Å².